The predicted octanol–water partition coefficient (Wildman–Crippen LogP) is -4.40. The number of oxime groups is 1. The number of ether oxygens (including phenoxy) is 1. The number of esters is 1. The zero-order valence-electron chi connectivity index (χ0n) is 17.7. The van der Waals surface area contributed by atoms with Crippen LogP contribution in [0.15, 0.2) is 34.5 Å². The number of carboxylic acids is 1. The number of thioether (sulfide) groups is 1. The Morgan fingerprint density at radius 3 is 2.79 bits per heavy atom. The van der Waals surface area contributed by atoms with E-state index in [2.05, 4.69) is 22.0 Å². The minimum absolute atomic E-state index is 0. The molecule has 33 heavy (non-hydrogen) atoms. The molecule has 0 aromatic carbocycles. The maximum Gasteiger partial charge on any atom is 1.00 e. The Hall–Kier alpha value is -2.39. The zero-order valence-corrected chi connectivity index (χ0v) is 21.4. The number of carboxylic acid groups (broad SMARTS) is 1. The second-order valence-corrected chi connectivity index (χ2v) is 8.31. The molecule has 3 N–H and O–H groups in total. The van der Waals surface area contributed by atoms with Crippen molar-refractivity contribution in [3.05, 3.63) is 35.0 Å². The van der Waals surface area contributed by atoms with Crippen molar-refractivity contribution < 1.29 is 63.4 Å². The molecular weight excluding hydrogens is 485 g/mol. The smallest absolute Gasteiger partial charge is 0.543 e. The number of anilines is 1. The Kier molecular flexibility index (Phi) is 9.48. The minimum atomic E-state index is -1.50. The van der Waals surface area contributed by atoms with Crippen molar-refractivity contribution >= 4 is 57.7 Å². The van der Waals surface area contributed by atoms with Gasteiger partial charge in [0.2, 0.25) is 6.61 Å². The molecule has 0 aliphatic carbocycles. The van der Waals surface area contributed by atoms with Crippen molar-refractivity contribution in [3.8, 4) is 0 Å². The standard InChI is InChI=1S/C18H19N5O7S2.Na/c1-3-8-6-31-16-12(15(26)23(16)13(8)17(27)28)21-14(25)11(9-7-32-18(19)20-9)22-30-5-10(24)29-4-2;/h3,7,12,16H,1,4-6H2,2H3,(H2,19,20)(H,21,25)(H,27,28);/q;+1/p-1/b22-11-;/t12-,16-;/m1./s1. The molecule has 1 saturated heterocycles. The van der Waals surface area contributed by atoms with Crippen LogP contribution in [-0.4, -0.2) is 69.7 Å². The van der Waals surface area contributed by atoms with Gasteiger partial charge in [-0.15, -0.1) is 23.1 Å². The third-order valence-corrected chi connectivity index (χ3v) is 6.32. The van der Waals surface area contributed by atoms with E-state index < -0.39 is 41.8 Å². The van der Waals surface area contributed by atoms with E-state index in [1.54, 1.807) is 6.92 Å². The van der Waals surface area contributed by atoms with E-state index in [-0.39, 0.29) is 64.2 Å². The summed E-state index contributed by atoms with van der Waals surface area (Å²) < 4.78 is 4.72. The molecule has 0 bridgehead atoms. The molecule has 2 amide bonds. The number of nitrogens with one attached hydrogen (secondary N) is 1. The van der Waals surface area contributed by atoms with Crippen LogP contribution < -0.4 is 45.7 Å². The largest absolute Gasteiger partial charge is 1.00 e. The summed E-state index contributed by atoms with van der Waals surface area (Å²) in [5.74, 6) is -3.35. The molecule has 1 aromatic rings. The van der Waals surface area contributed by atoms with Gasteiger partial charge in [-0.1, -0.05) is 17.8 Å². The van der Waals surface area contributed by atoms with Gasteiger partial charge in [-0.05, 0) is 12.5 Å². The number of nitrogen functional groups attached to an aromatic ring is 1. The first-order valence-corrected chi connectivity index (χ1v) is 11.1. The average molecular weight is 503 g/mol. The molecule has 1 fully saturated rings. The van der Waals surface area contributed by atoms with Crippen molar-refractivity contribution in [2.75, 3.05) is 24.7 Å². The van der Waals surface area contributed by atoms with E-state index >= 15 is 0 Å². The van der Waals surface area contributed by atoms with Crippen molar-refractivity contribution in [1.82, 2.24) is 15.2 Å². The van der Waals surface area contributed by atoms with Crippen LogP contribution in [0.4, 0.5) is 5.13 Å². The molecule has 2 atom stereocenters. The minimum Gasteiger partial charge on any atom is -0.543 e. The van der Waals surface area contributed by atoms with Gasteiger partial charge in [0.25, 0.3) is 11.8 Å². The number of fused-ring (bicyclic) bond motifs is 1. The van der Waals surface area contributed by atoms with Crippen molar-refractivity contribution in [2.45, 2.75) is 18.3 Å². The summed E-state index contributed by atoms with van der Waals surface area (Å²) in [5, 5.41) is 18.7. The quantitative estimate of drug-likeness (QED) is 0.110. The van der Waals surface area contributed by atoms with Gasteiger partial charge in [-0.2, -0.15) is 0 Å². The summed E-state index contributed by atoms with van der Waals surface area (Å²) in [6.45, 7) is 4.79. The Balaban J connectivity index is 0.00000385. The fraction of sp³-hybridized carbons (Fsp3) is 0.333. The first kappa shape index (κ1) is 26.9. The Labute approximate surface area is 218 Å². The van der Waals surface area contributed by atoms with Crippen LogP contribution in [0, 0.1) is 0 Å². The van der Waals surface area contributed by atoms with Gasteiger partial charge >= 0.3 is 35.5 Å². The third kappa shape index (κ3) is 5.76. The van der Waals surface area contributed by atoms with Gasteiger partial charge in [0, 0.05) is 11.1 Å². The number of amides is 2. The monoisotopic (exact) mass is 503 g/mol. The summed E-state index contributed by atoms with van der Waals surface area (Å²) in [6, 6.07) is -1.01. The number of aliphatic carboxylic acids is 1. The first-order valence-electron chi connectivity index (χ1n) is 9.17. The number of nitrogens with two attached hydrogens (primary N) is 1. The molecule has 3 heterocycles. The SMILES string of the molecule is C=CC1=C(C(=O)[O-])N2C(=O)[C@@H](NC(=O)/C(=N\OCC(=O)OCC)c3csc(N)n3)[C@H]2SC1.[Na+]. The first-order chi connectivity index (χ1) is 15.3. The maximum absolute atomic E-state index is 12.9. The Bertz CT molecular complexity index is 1040. The fourth-order valence-electron chi connectivity index (χ4n) is 2.95. The molecule has 2 aliphatic rings. The average Bonchev–Trinajstić information content (AvgIpc) is 3.19. The molecule has 0 spiro atoms. The molecule has 12 nitrogen and oxygen atoms in total. The molecule has 0 radical (unpaired) electrons. The Morgan fingerprint density at radius 1 is 1.48 bits per heavy atom. The number of β-lactam (4-membered cyclic amide) rings is 1. The number of carbonyl (C=O) groups is 4. The van der Waals surface area contributed by atoms with Crippen LogP contribution >= 0.6 is 23.1 Å². The number of nitrogens with zero attached hydrogens (tertiary/aromatic N) is 3. The summed E-state index contributed by atoms with van der Waals surface area (Å²) >= 11 is 2.32. The van der Waals surface area contributed by atoms with Gasteiger partial charge in [0.1, 0.15) is 17.1 Å². The molecule has 0 unspecified atom stereocenters. The molecule has 170 valence electrons. The van der Waals surface area contributed by atoms with Crippen LogP contribution in [0.2, 0.25) is 0 Å². The van der Waals surface area contributed by atoms with Crippen LogP contribution in [0.25, 0.3) is 0 Å². The van der Waals surface area contributed by atoms with E-state index in [1.165, 1.54) is 23.2 Å². The number of carbonyl (C=O) groups excluding carboxylic acids is 4. The Morgan fingerprint density at radius 2 is 2.21 bits per heavy atom. The van der Waals surface area contributed by atoms with E-state index in [1.807, 2.05) is 0 Å². The molecule has 0 saturated carbocycles. The third-order valence-electron chi connectivity index (χ3n) is 4.35. The van der Waals surface area contributed by atoms with E-state index in [4.69, 9.17) is 15.3 Å². The number of hydrogen-bond donors (Lipinski definition) is 2. The maximum atomic E-state index is 12.9. The van der Waals surface area contributed by atoms with E-state index in [0.717, 1.165) is 16.2 Å². The van der Waals surface area contributed by atoms with Crippen LogP contribution in [0.3, 0.4) is 0 Å². The van der Waals surface area contributed by atoms with Crippen molar-refractivity contribution in [2.24, 2.45) is 5.16 Å². The summed E-state index contributed by atoms with van der Waals surface area (Å²) in [4.78, 5) is 58.4. The van der Waals surface area contributed by atoms with Gasteiger partial charge < -0.3 is 30.5 Å². The number of aromatic nitrogens is 1. The van der Waals surface area contributed by atoms with Crippen LogP contribution in [0.1, 0.15) is 12.6 Å². The molecule has 2 aliphatic heterocycles. The summed E-state index contributed by atoms with van der Waals surface area (Å²) in [7, 11) is 0. The van der Waals surface area contributed by atoms with Crippen molar-refractivity contribution in [3.63, 3.8) is 0 Å². The second kappa shape index (κ2) is 11.7. The second-order valence-electron chi connectivity index (χ2n) is 6.32. The summed E-state index contributed by atoms with van der Waals surface area (Å²) in [5.41, 5.74) is 5.48. The topological polar surface area (TPSA) is 176 Å². The van der Waals surface area contributed by atoms with Crippen LogP contribution in [0.5, 0.6) is 0 Å². The number of hydrogen-bond acceptors (Lipinski definition) is 12. The predicted molar refractivity (Wildman–Crippen MR) is 113 cm³/mol. The van der Waals surface area contributed by atoms with E-state index in [0.29, 0.717) is 5.57 Å². The fourth-order valence-corrected chi connectivity index (χ4v) is 4.84. The van der Waals surface area contributed by atoms with Gasteiger partial charge in [0.15, 0.2) is 10.8 Å². The molecule has 1 aromatic heterocycles. The number of thiazole rings is 1. The molecular formula is C18H18N5NaO7S2. The van der Waals surface area contributed by atoms with Crippen LogP contribution in [-0.2, 0) is 28.8 Å². The number of allylic oxidation sites excluding steroid dienone is 1. The normalized spacial score (nSPS) is 19.6. The van der Waals surface area contributed by atoms with E-state index in [9.17, 15) is 24.3 Å². The molecule has 15 heteroatoms. The van der Waals surface area contributed by atoms with Crippen molar-refractivity contribution in [1.29, 1.82) is 0 Å². The zero-order chi connectivity index (χ0) is 23.4. The van der Waals surface area contributed by atoms with Gasteiger partial charge in [0.05, 0.1) is 18.3 Å². The van der Waals surface area contributed by atoms with Gasteiger partial charge in [-0.25, -0.2) is 9.78 Å². The van der Waals surface area contributed by atoms with Gasteiger partial charge in [-0.3, -0.25) is 14.5 Å². The molecule has 3 rings (SSSR count). The number of rotatable bonds is 9. The summed E-state index contributed by atoms with van der Waals surface area (Å²) in [6.07, 6.45) is 1.35.